The second-order valence-corrected chi connectivity index (χ2v) is 8.51. The fourth-order valence-corrected chi connectivity index (χ4v) is 4.10. The van der Waals surface area contributed by atoms with E-state index in [0.29, 0.717) is 26.4 Å². The van der Waals surface area contributed by atoms with Crippen LogP contribution in [0, 0.1) is 0 Å². The molecule has 3 rings (SSSR count). The first kappa shape index (κ1) is 24.9. The largest absolute Gasteiger partial charge is 0.493 e. The molecule has 1 N–H and O–H groups in total. The lowest BCUT2D eigenvalue weighted by atomic mass is 10.0. The molecular weight excluding hydrogens is 492 g/mol. The van der Waals surface area contributed by atoms with Crippen molar-refractivity contribution < 1.29 is 40.6 Å². The molecule has 1 fully saturated rings. The lowest BCUT2D eigenvalue weighted by Gasteiger charge is -2.17. The van der Waals surface area contributed by atoms with Crippen LogP contribution in [0.25, 0.3) is 5.57 Å². The van der Waals surface area contributed by atoms with Gasteiger partial charge in [0.2, 0.25) is 0 Å². The van der Waals surface area contributed by atoms with Gasteiger partial charge in [0.05, 0.1) is 23.1 Å². The fourth-order valence-electron chi connectivity index (χ4n) is 3.01. The van der Waals surface area contributed by atoms with Crippen molar-refractivity contribution in [3.05, 3.63) is 63.6 Å². The number of halogens is 6. The molecule has 12 heteroatoms. The van der Waals surface area contributed by atoms with Gasteiger partial charge in [0.1, 0.15) is 10.9 Å². The van der Waals surface area contributed by atoms with Gasteiger partial charge in [0, 0.05) is 5.56 Å². The average molecular weight is 507 g/mol. The van der Waals surface area contributed by atoms with Gasteiger partial charge in [-0.2, -0.15) is 26.3 Å². The van der Waals surface area contributed by atoms with Gasteiger partial charge in [-0.05, 0) is 42.3 Å². The topological polar surface area (TPSA) is 47.6 Å². The van der Waals surface area contributed by atoms with Crippen molar-refractivity contribution in [1.82, 2.24) is 5.32 Å². The number of hydrogen-bond donors (Lipinski definition) is 1. The van der Waals surface area contributed by atoms with Crippen LogP contribution in [0.3, 0.4) is 0 Å². The maximum absolute atomic E-state index is 13.3. The number of hydrogen-bond acceptors (Lipinski definition) is 5. The first-order valence-electron chi connectivity index (χ1n) is 9.14. The zero-order valence-corrected chi connectivity index (χ0v) is 18.6. The van der Waals surface area contributed by atoms with Crippen molar-refractivity contribution in [3.63, 3.8) is 0 Å². The maximum Gasteiger partial charge on any atom is 0.416 e. The number of methoxy groups -OCH3 is 1. The quantitative estimate of drug-likeness (QED) is 0.297. The van der Waals surface area contributed by atoms with Crippen LogP contribution in [0.1, 0.15) is 29.2 Å². The number of amides is 1. The van der Waals surface area contributed by atoms with Crippen LogP contribution in [0.4, 0.5) is 26.3 Å². The Morgan fingerprint density at radius 2 is 1.73 bits per heavy atom. The summed E-state index contributed by atoms with van der Waals surface area (Å²) in [6.45, 7) is 1.05. The number of ether oxygens (including phenoxy) is 2. The van der Waals surface area contributed by atoms with E-state index < -0.39 is 35.6 Å². The first-order valence-corrected chi connectivity index (χ1v) is 10.4. The monoisotopic (exact) mass is 507 g/mol. The number of nitrogens with one attached hydrogen (secondary N) is 1. The Labute approximate surface area is 193 Å². The summed E-state index contributed by atoms with van der Waals surface area (Å²) >= 11 is 6.07. The Morgan fingerprint density at radius 1 is 1.03 bits per heavy atom. The summed E-state index contributed by atoms with van der Waals surface area (Å²) in [5.41, 5.74) is -2.12. The third-order valence-electron chi connectivity index (χ3n) is 4.68. The minimum Gasteiger partial charge on any atom is -0.493 e. The van der Waals surface area contributed by atoms with Crippen molar-refractivity contribution in [2.24, 2.45) is 0 Å². The van der Waals surface area contributed by atoms with E-state index >= 15 is 0 Å². The lowest BCUT2D eigenvalue weighted by molar-refractivity contribution is -0.143. The number of thiocarbonyl (C=S) groups is 1. The molecular formula is C21H15F6NO3S2. The van der Waals surface area contributed by atoms with E-state index in [1.807, 2.05) is 0 Å². The minimum absolute atomic E-state index is 0.0588. The van der Waals surface area contributed by atoms with Crippen LogP contribution in [0.5, 0.6) is 11.5 Å². The van der Waals surface area contributed by atoms with E-state index in [1.54, 1.807) is 13.0 Å². The average Bonchev–Trinajstić information content (AvgIpc) is 3.07. The summed E-state index contributed by atoms with van der Waals surface area (Å²) in [7, 11) is 1.32. The number of allylic oxidation sites excluding steroid dienone is 1. The zero-order valence-electron chi connectivity index (χ0n) is 17.0. The molecule has 176 valence electrons. The van der Waals surface area contributed by atoms with Crippen molar-refractivity contribution in [2.75, 3.05) is 7.11 Å². The molecule has 4 nitrogen and oxygen atoms in total. The molecule has 1 aliphatic rings. The van der Waals surface area contributed by atoms with E-state index in [-0.39, 0.29) is 23.5 Å². The SMILES string of the molecule is COc1cc(C(C)=C2SC(=S)NC2=O)ccc1OCc1ccc(C(F)(F)F)cc1C(F)(F)F. The molecule has 0 atom stereocenters. The van der Waals surface area contributed by atoms with Crippen molar-refractivity contribution in [3.8, 4) is 11.5 Å². The molecule has 1 saturated heterocycles. The highest BCUT2D eigenvalue weighted by Crippen LogP contribution is 2.39. The smallest absolute Gasteiger partial charge is 0.416 e. The molecule has 2 aromatic carbocycles. The van der Waals surface area contributed by atoms with Crippen LogP contribution < -0.4 is 14.8 Å². The van der Waals surface area contributed by atoms with Gasteiger partial charge in [-0.25, -0.2) is 0 Å². The summed E-state index contributed by atoms with van der Waals surface area (Å²) in [6.07, 6.45) is -9.92. The predicted molar refractivity (Wildman–Crippen MR) is 115 cm³/mol. The molecule has 33 heavy (non-hydrogen) atoms. The third kappa shape index (κ3) is 5.61. The molecule has 2 aromatic rings. The summed E-state index contributed by atoms with van der Waals surface area (Å²) in [4.78, 5) is 12.4. The Morgan fingerprint density at radius 3 is 2.27 bits per heavy atom. The minimum atomic E-state index is -5.00. The molecule has 1 aliphatic heterocycles. The normalized spacial score (nSPS) is 16.0. The Bertz CT molecular complexity index is 1140. The summed E-state index contributed by atoms with van der Waals surface area (Å²) < 4.78 is 89.6. The number of carbonyl (C=O) groups is 1. The number of benzene rings is 2. The summed E-state index contributed by atoms with van der Waals surface area (Å²) in [5, 5.41) is 2.51. The fraction of sp³-hybridized carbons (Fsp3) is 0.238. The van der Waals surface area contributed by atoms with Crippen molar-refractivity contribution in [1.29, 1.82) is 0 Å². The molecule has 0 saturated carbocycles. The second kappa shape index (κ2) is 9.26. The van der Waals surface area contributed by atoms with Crippen molar-refractivity contribution >= 4 is 39.8 Å². The Balaban J connectivity index is 1.89. The molecule has 0 unspecified atom stereocenters. The maximum atomic E-state index is 13.3. The summed E-state index contributed by atoms with van der Waals surface area (Å²) in [6, 6.07) is 5.91. The van der Waals surface area contributed by atoms with E-state index in [1.165, 1.54) is 19.2 Å². The Hall–Kier alpha value is -2.73. The Kier molecular flexibility index (Phi) is 6.99. The number of alkyl halides is 6. The van der Waals surface area contributed by atoms with Gasteiger partial charge in [-0.3, -0.25) is 4.79 Å². The van der Waals surface area contributed by atoms with Crippen LogP contribution in [0.2, 0.25) is 0 Å². The van der Waals surface area contributed by atoms with E-state index in [9.17, 15) is 31.1 Å². The molecule has 0 aromatic heterocycles. The number of thioether (sulfide) groups is 1. The molecule has 0 bridgehead atoms. The van der Waals surface area contributed by atoms with Crippen molar-refractivity contribution in [2.45, 2.75) is 25.9 Å². The molecule has 0 radical (unpaired) electrons. The second-order valence-electron chi connectivity index (χ2n) is 6.82. The third-order valence-corrected chi connectivity index (χ3v) is 6.01. The first-order chi connectivity index (χ1) is 15.3. The van der Waals surface area contributed by atoms with Crippen LogP contribution in [-0.2, 0) is 23.8 Å². The van der Waals surface area contributed by atoms with Gasteiger partial charge >= 0.3 is 12.4 Å². The number of carbonyl (C=O) groups excluding carboxylic acids is 1. The standard InChI is InChI=1S/C21H15F6NO3S2/c1-10(17-18(29)28-19(32)33-17)11-4-6-15(16(7-11)30-2)31-9-12-3-5-13(20(22,23)24)8-14(12)21(25,26)27/h3-8H,9H2,1-2H3,(H,28,29,32). The lowest BCUT2D eigenvalue weighted by Crippen LogP contribution is -2.18. The highest BCUT2D eigenvalue weighted by atomic mass is 32.2. The highest BCUT2D eigenvalue weighted by molar-refractivity contribution is 8.26. The molecule has 0 aliphatic carbocycles. The van der Waals surface area contributed by atoms with Crippen LogP contribution in [-0.4, -0.2) is 17.3 Å². The van der Waals surface area contributed by atoms with Gasteiger partial charge in [-0.1, -0.05) is 36.1 Å². The number of rotatable bonds is 5. The molecule has 1 heterocycles. The van der Waals surface area contributed by atoms with Gasteiger partial charge in [-0.15, -0.1) is 0 Å². The van der Waals surface area contributed by atoms with Gasteiger partial charge < -0.3 is 14.8 Å². The van der Waals surface area contributed by atoms with Crippen LogP contribution >= 0.6 is 24.0 Å². The zero-order chi connectivity index (χ0) is 24.6. The van der Waals surface area contributed by atoms with E-state index in [0.717, 1.165) is 17.8 Å². The van der Waals surface area contributed by atoms with E-state index in [4.69, 9.17) is 21.7 Å². The highest BCUT2D eigenvalue weighted by Gasteiger charge is 2.38. The van der Waals surface area contributed by atoms with Crippen LogP contribution in [0.15, 0.2) is 41.3 Å². The van der Waals surface area contributed by atoms with E-state index in [2.05, 4.69) is 5.32 Å². The predicted octanol–water partition coefficient (Wildman–Crippen LogP) is 6.19. The van der Waals surface area contributed by atoms with Gasteiger partial charge in [0.15, 0.2) is 11.5 Å². The molecule has 1 amide bonds. The molecule has 0 spiro atoms. The summed E-state index contributed by atoms with van der Waals surface area (Å²) in [5.74, 6) is -0.103. The van der Waals surface area contributed by atoms with Gasteiger partial charge in [0.25, 0.3) is 5.91 Å².